The molecule has 0 spiro atoms. The number of carbonyl (C=O) groups excluding carboxylic acids is 1. The maximum Gasteiger partial charge on any atom is 0.220 e. The molecule has 320 valence electrons. The van der Waals surface area contributed by atoms with Gasteiger partial charge in [0.05, 0.1) is 18.8 Å². The molecule has 2 unspecified atom stereocenters. The molecule has 1 amide bonds. The van der Waals surface area contributed by atoms with Crippen molar-refractivity contribution in [2.45, 2.75) is 219 Å². The van der Waals surface area contributed by atoms with E-state index in [4.69, 9.17) is 0 Å². The number of amides is 1. The van der Waals surface area contributed by atoms with Crippen molar-refractivity contribution >= 4 is 5.91 Å². The van der Waals surface area contributed by atoms with Crippen LogP contribution in [0.15, 0.2) is 97.2 Å². The fourth-order valence-electron chi connectivity index (χ4n) is 6.55. The summed E-state index contributed by atoms with van der Waals surface area (Å²) < 4.78 is 0. The minimum atomic E-state index is -0.667. The van der Waals surface area contributed by atoms with Crippen molar-refractivity contribution < 1.29 is 15.0 Å². The van der Waals surface area contributed by atoms with E-state index in [2.05, 4.69) is 116 Å². The molecular weight excluding hydrogens is 687 g/mol. The van der Waals surface area contributed by atoms with Gasteiger partial charge in [-0.15, -0.1) is 0 Å². The monoisotopic (exact) mass is 776 g/mol. The van der Waals surface area contributed by atoms with Gasteiger partial charge in [0.15, 0.2) is 0 Å². The normalized spacial score (nSPS) is 13.9. The van der Waals surface area contributed by atoms with Gasteiger partial charge in [0, 0.05) is 6.42 Å². The Bertz CT molecular complexity index is 1060. The fraction of sp³-hybridized carbons (Fsp3) is 0.673. The number of carbonyl (C=O) groups is 1. The summed E-state index contributed by atoms with van der Waals surface area (Å²) in [7, 11) is 0. The Kier molecular flexibility index (Phi) is 44.4. The highest BCUT2D eigenvalue weighted by atomic mass is 16.3. The quantitative estimate of drug-likeness (QED) is 0.0428. The Morgan fingerprint density at radius 3 is 1.18 bits per heavy atom. The van der Waals surface area contributed by atoms with E-state index in [1.54, 1.807) is 0 Å². The number of hydrogen-bond acceptors (Lipinski definition) is 3. The second-order valence-electron chi connectivity index (χ2n) is 15.4. The maximum atomic E-state index is 12.4. The van der Waals surface area contributed by atoms with E-state index in [0.29, 0.717) is 12.8 Å². The van der Waals surface area contributed by atoms with Gasteiger partial charge in [0.2, 0.25) is 5.91 Å². The number of aliphatic hydroxyl groups excluding tert-OH is 2. The largest absolute Gasteiger partial charge is 0.394 e. The van der Waals surface area contributed by atoms with Gasteiger partial charge >= 0.3 is 0 Å². The van der Waals surface area contributed by atoms with E-state index in [9.17, 15) is 15.0 Å². The van der Waals surface area contributed by atoms with Crippen LogP contribution in [0, 0.1) is 0 Å². The molecule has 2 atom stereocenters. The lowest BCUT2D eigenvalue weighted by molar-refractivity contribution is -0.123. The zero-order chi connectivity index (χ0) is 40.7. The molecule has 0 saturated heterocycles. The Hall–Kier alpha value is -2.69. The van der Waals surface area contributed by atoms with Crippen LogP contribution in [0.3, 0.4) is 0 Å². The zero-order valence-electron chi connectivity index (χ0n) is 36.6. The molecule has 0 aromatic heterocycles. The molecule has 0 bridgehead atoms. The van der Waals surface area contributed by atoms with E-state index in [-0.39, 0.29) is 12.5 Å². The van der Waals surface area contributed by atoms with Crippen molar-refractivity contribution in [3.05, 3.63) is 97.2 Å². The minimum Gasteiger partial charge on any atom is -0.394 e. The summed E-state index contributed by atoms with van der Waals surface area (Å²) in [4.78, 5) is 12.4. The standard InChI is InChI=1S/C52H89NO3/c1-3-5-7-9-11-13-15-16-17-18-19-20-21-22-23-24-25-26-27-28-29-30-31-32-33-34-35-36-38-40-42-44-46-48-52(56)53-50(49-54)51(55)47-45-43-41-39-37-14-12-10-8-6-4-2/h5,7,11,13,16-17,19-20,22-23,25-26,28-29,31-32,50-51,54-55H,3-4,6,8-10,12,14-15,18,21,24,27,30,33-49H2,1-2H3,(H,53,56)/b7-5-,13-11-,17-16-,20-19-,23-22-,26-25-,29-28-,32-31-. The van der Waals surface area contributed by atoms with Crippen LogP contribution in [0.2, 0.25) is 0 Å². The van der Waals surface area contributed by atoms with Crippen molar-refractivity contribution in [1.29, 1.82) is 0 Å². The number of allylic oxidation sites excluding steroid dienone is 16. The number of unbranched alkanes of at least 4 members (excludes halogenated alkanes) is 18. The van der Waals surface area contributed by atoms with Crippen molar-refractivity contribution in [2.24, 2.45) is 0 Å². The van der Waals surface area contributed by atoms with Gasteiger partial charge in [-0.05, 0) is 77.0 Å². The third kappa shape index (κ3) is 42.5. The van der Waals surface area contributed by atoms with Crippen LogP contribution in [0.25, 0.3) is 0 Å². The third-order valence-electron chi connectivity index (χ3n) is 10.1. The molecule has 0 aromatic carbocycles. The molecular formula is C52H89NO3. The molecule has 4 heteroatoms. The van der Waals surface area contributed by atoms with E-state index in [1.807, 2.05) is 0 Å². The van der Waals surface area contributed by atoms with Crippen LogP contribution >= 0.6 is 0 Å². The molecule has 0 aliphatic carbocycles. The summed E-state index contributed by atoms with van der Waals surface area (Å²) in [5.74, 6) is -0.0459. The highest BCUT2D eigenvalue weighted by molar-refractivity contribution is 5.76. The first-order valence-corrected chi connectivity index (χ1v) is 23.4. The van der Waals surface area contributed by atoms with Crippen LogP contribution in [0.5, 0.6) is 0 Å². The van der Waals surface area contributed by atoms with Crippen molar-refractivity contribution in [3.8, 4) is 0 Å². The van der Waals surface area contributed by atoms with E-state index < -0.39 is 12.1 Å². The second-order valence-corrected chi connectivity index (χ2v) is 15.4. The van der Waals surface area contributed by atoms with Gasteiger partial charge in [-0.25, -0.2) is 0 Å². The fourth-order valence-corrected chi connectivity index (χ4v) is 6.55. The Morgan fingerprint density at radius 1 is 0.446 bits per heavy atom. The molecule has 0 rings (SSSR count). The highest BCUT2D eigenvalue weighted by Crippen LogP contribution is 2.14. The average molecular weight is 776 g/mol. The van der Waals surface area contributed by atoms with E-state index in [1.165, 1.54) is 103 Å². The van der Waals surface area contributed by atoms with Crippen LogP contribution in [-0.4, -0.2) is 34.9 Å². The summed E-state index contributed by atoms with van der Waals surface area (Å²) in [6, 6.07) is -0.545. The van der Waals surface area contributed by atoms with Crippen LogP contribution in [0.1, 0.15) is 206 Å². The van der Waals surface area contributed by atoms with Gasteiger partial charge in [-0.1, -0.05) is 220 Å². The topological polar surface area (TPSA) is 69.6 Å². The van der Waals surface area contributed by atoms with Gasteiger partial charge in [-0.2, -0.15) is 0 Å². The first-order chi connectivity index (χ1) is 27.7. The smallest absolute Gasteiger partial charge is 0.220 e. The molecule has 0 heterocycles. The molecule has 0 aliphatic rings. The van der Waals surface area contributed by atoms with Crippen molar-refractivity contribution in [1.82, 2.24) is 5.32 Å². The molecule has 0 saturated carbocycles. The number of aliphatic hydroxyl groups is 2. The number of rotatable bonds is 41. The predicted octanol–water partition coefficient (Wildman–Crippen LogP) is 15.0. The molecule has 4 nitrogen and oxygen atoms in total. The Morgan fingerprint density at radius 2 is 0.786 bits per heavy atom. The lowest BCUT2D eigenvalue weighted by Crippen LogP contribution is -2.45. The summed E-state index contributed by atoms with van der Waals surface area (Å²) in [5.41, 5.74) is 0. The van der Waals surface area contributed by atoms with Crippen LogP contribution in [0.4, 0.5) is 0 Å². The number of nitrogens with one attached hydrogen (secondary N) is 1. The lowest BCUT2D eigenvalue weighted by Gasteiger charge is -2.22. The third-order valence-corrected chi connectivity index (χ3v) is 10.1. The SMILES string of the molecule is CC/C=C\C/C=C\C/C=C\C/C=C\C/C=C\C/C=C\C/C=C\C/C=C\CCCCCCCCCCC(=O)NC(CO)C(O)CCCCCCCCCCCCC. The van der Waals surface area contributed by atoms with Crippen molar-refractivity contribution in [2.75, 3.05) is 6.61 Å². The molecule has 56 heavy (non-hydrogen) atoms. The molecule has 0 fully saturated rings. The summed E-state index contributed by atoms with van der Waals surface area (Å²) in [6.07, 6.45) is 69.2. The second kappa shape index (κ2) is 46.7. The summed E-state index contributed by atoms with van der Waals surface area (Å²) in [5, 5.41) is 23.1. The molecule has 3 N–H and O–H groups in total. The van der Waals surface area contributed by atoms with Crippen LogP contribution < -0.4 is 5.32 Å². The molecule has 0 aromatic rings. The van der Waals surface area contributed by atoms with Crippen LogP contribution in [-0.2, 0) is 4.79 Å². The summed E-state index contributed by atoms with van der Waals surface area (Å²) >= 11 is 0. The van der Waals surface area contributed by atoms with Gasteiger partial charge < -0.3 is 15.5 Å². The van der Waals surface area contributed by atoms with Gasteiger partial charge in [-0.3, -0.25) is 4.79 Å². The first-order valence-electron chi connectivity index (χ1n) is 23.4. The van der Waals surface area contributed by atoms with Gasteiger partial charge in [0.25, 0.3) is 0 Å². The molecule has 0 aliphatic heterocycles. The maximum absolute atomic E-state index is 12.4. The summed E-state index contributed by atoms with van der Waals surface area (Å²) in [6.45, 7) is 4.22. The predicted molar refractivity (Wildman–Crippen MR) is 248 cm³/mol. The Balaban J connectivity index is 3.60. The number of hydrogen-bond donors (Lipinski definition) is 3. The highest BCUT2D eigenvalue weighted by Gasteiger charge is 2.20. The Labute approximate surface area is 347 Å². The van der Waals surface area contributed by atoms with E-state index in [0.717, 1.165) is 77.0 Å². The average Bonchev–Trinajstić information content (AvgIpc) is 3.20. The van der Waals surface area contributed by atoms with E-state index >= 15 is 0 Å². The first kappa shape index (κ1) is 53.3. The lowest BCUT2D eigenvalue weighted by atomic mass is 10.0. The zero-order valence-corrected chi connectivity index (χ0v) is 36.6. The molecule has 0 radical (unpaired) electrons. The van der Waals surface area contributed by atoms with Gasteiger partial charge in [0.1, 0.15) is 0 Å². The van der Waals surface area contributed by atoms with Crippen molar-refractivity contribution in [3.63, 3.8) is 0 Å². The minimum absolute atomic E-state index is 0.0459.